The predicted molar refractivity (Wildman–Crippen MR) is 73.5 cm³/mol. The third-order valence-corrected chi connectivity index (χ3v) is 2.85. The molecular formula is C14H13ClN2O. The number of carbonyl (C=O) groups excluding carboxylic acids is 1. The van der Waals surface area contributed by atoms with Crippen LogP contribution < -0.4 is 11.1 Å². The Labute approximate surface area is 111 Å². The summed E-state index contributed by atoms with van der Waals surface area (Å²) in [5, 5.41) is 3.25. The molecular weight excluding hydrogens is 248 g/mol. The molecule has 0 saturated carbocycles. The van der Waals surface area contributed by atoms with Crippen LogP contribution >= 0.6 is 11.6 Å². The van der Waals surface area contributed by atoms with Gasteiger partial charge in [0.2, 0.25) is 0 Å². The summed E-state index contributed by atoms with van der Waals surface area (Å²) in [4.78, 5) is 11.9. The molecule has 2 aromatic carbocycles. The van der Waals surface area contributed by atoms with Crippen LogP contribution in [0.3, 0.4) is 0 Å². The largest absolute Gasteiger partial charge is 0.399 e. The Morgan fingerprint density at radius 1 is 1.17 bits per heavy atom. The van der Waals surface area contributed by atoms with Crippen molar-refractivity contribution in [3.63, 3.8) is 0 Å². The Bertz CT molecular complexity index is 569. The zero-order valence-corrected chi connectivity index (χ0v) is 10.4. The SMILES string of the molecule is Nc1cccc(CNC(=O)c2ccccc2Cl)c1. The van der Waals surface area contributed by atoms with Gasteiger partial charge in [-0.25, -0.2) is 0 Å². The average molecular weight is 261 g/mol. The molecule has 1 amide bonds. The van der Waals surface area contributed by atoms with E-state index in [2.05, 4.69) is 5.32 Å². The fourth-order valence-electron chi connectivity index (χ4n) is 1.63. The first-order valence-electron chi connectivity index (χ1n) is 5.54. The average Bonchev–Trinajstić information content (AvgIpc) is 2.37. The third-order valence-electron chi connectivity index (χ3n) is 2.52. The highest BCUT2D eigenvalue weighted by Crippen LogP contribution is 2.14. The van der Waals surface area contributed by atoms with Crippen LogP contribution in [0, 0.1) is 0 Å². The van der Waals surface area contributed by atoms with Gasteiger partial charge in [-0.05, 0) is 29.8 Å². The number of nitrogens with two attached hydrogens (primary N) is 1. The number of nitrogen functional groups attached to an aromatic ring is 1. The Hall–Kier alpha value is -2.00. The quantitative estimate of drug-likeness (QED) is 0.834. The molecule has 3 nitrogen and oxygen atoms in total. The highest BCUT2D eigenvalue weighted by Gasteiger charge is 2.08. The van der Waals surface area contributed by atoms with Gasteiger partial charge in [-0.3, -0.25) is 4.79 Å². The fraction of sp³-hybridized carbons (Fsp3) is 0.0714. The lowest BCUT2D eigenvalue weighted by atomic mass is 10.2. The minimum absolute atomic E-state index is 0.192. The number of anilines is 1. The van der Waals surface area contributed by atoms with E-state index < -0.39 is 0 Å². The molecule has 2 aromatic rings. The van der Waals surface area contributed by atoms with E-state index in [9.17, 15) is 4.79 Å². The molecule has 0 aromatic heterocycles. The molecule has 0 aliphatic carbocycles. The first kappa shape index (κ1) is 12.5. The molecule has 0 atom stereocenters. The Kier molecular flexibility index (Phi) is 3.85. The lowest BCUT2D eigenvalue weighted by Gasteiger charge is -2.07. The van der Waals surface area contributed by atoms with Gasteiger partial charge in [-0.2, -0.15) is 0 Å². The van der Waals surface area contributed by atoms with Crippen LogP contribution in [-0.2, 0) is 6.54 Å². The molecule has 0 heterocycles. The van der Waals surface area contributed by atoms with E-state index in [-0.39, 0.29) is 5.91 Å². The van der Waals surface area contributed by atoms with Crippen molar-refractivity contribution in [2.45, 2.75) is 6.54 Å². The van der Waals surface area contributed by atoms with Crippen molar-refractivity contribution in [3.8, 4) is 0 Å². The van der Waals surface area contributed by atoms with Gasteiger partial charge in [-0.1, -0.05) is 35.9 Å². The molecule has 0 spiro atoms. The maximum absolute atomic E-state index is 11.9. The van der Waals surface area contributed by atoms with Crippen LogP contribution in [0.1, 0.15) is 15.9 Å². The second-order valence-electron chi connectivity index (χ2n) is 3.91. The summed E-state index contributed by atoms with van der Waals surface area (Å²) in [5.41, 5.74) is 7.78. The van der Waals surface area contributed by atoms with E-state index >= 15 is 0 Å². The van der Waals surface area contributed by atoms with E-state index in [1.54, 1.807) is 30.3 Å². The van der Waals surface area contributed by atoms with Crippen LogP contribution in [0.15, 0.2) is 48.5 Å². The summed E-state index contributed by atoms with van der Waals surface area (Å²) in [6.45, 7) is 0.426. The summed E-state index contributed by atoms with van der Waals surface area (Å²) < 4.78 is 0. The molecule has 0 saturated heterocycles. The van der Waals surface area contributed by atoms with Crippen molar-refractivity contribution in [3.05, 3.63) is 64.7 Å². The van der Waals surface area contributed by atoms with E-state index in [0.717, 1.165) is 5.56 Å². The van der Waals surface area contributed by atoms with Gasteiger partial charge >= 0.3 is 0 Å². The van der Waals surface area contributed by atoms with Crippen molar-refractivity contribution in [1.29, 1.82) is 0 Å². The maximum atomic E-state index is 11.9. The van der Waals surface area contributed by atoms with Crippen LogP contribution in [0.25, 0.3) is 0 Å². The molecule has 0 fully saturated rings. The lowest BCUT2D eigenvalue weighted by Crippen LogP contribution is -2.23. The second kappa shape index (κ2) is 5.56. The van der Waals surface area contributed by atoms with Gasteiger partial charge in [-0.15, -0.1) is 0 Å². The smallest absolute Gasteiger partial charge is 0.253 e. The first-order valence-corrected chi connectivity index (χ1v) is 5.92. The second-order valence-corrected chi connectivity index (χ2v) is 4.31. The van der Waals surface area contributed by atoms with E-state index in [0.29, 0.717) is 22.8 Å². The van der Waals surface area contributed by atoms with Crippen molar-refractivity contribution in [2.75, 3.05) is 5.73 Å². The van der Waals surface area contributed by atoms with Crippen LogP contribution in [0.4, 0.5) is 5.69 Å². The highest BCUT2D eigenvalue weighted by atomic mass is 35.5. The molecule has 2 rings (SSSR count). The molecule has 0 unspecified atom stereocenters. The molecule has 3 N–H and O–H groups in total. The molecule has 0 aliphatic rings. The van der Waals surface area contributed by atoms with Crippen molar-refractivity contribution >= 4 is 23.2 Å². The number of nitrogens with one attached hydrogen (secondary N) is 1. The summed E-state index contributed by atoms with van der Waals surface area (Å²) in [6, 6.07) is 14.3. The molecule has 4 heteroatoms. The first-order chi connectivity index (χ1) is 8.66. The van der Waals surface area contributed by atoms with Crippen LogP contribution in [-0.4, -0.2) is 5.91 Å². The van der Waals surface area contributed by atoms with Gasteiger partial charge in [0.25, 0.3) is 5.91 Å². The van der Waals surface area contributed by atoms with Crippen LogP contribution in [0.5, 0.6) is 0 Å². The number of hydrogen-bond donors (Lipinski definition) is 2. The normalized spacial score (nSPS) is 10.1. The number of hydrogen-bond acceptors (Lipinski definition) is 2. The van der Waals surface area contributed by atoms with Gasteiger partial charge in [0.05, 0.1) is 10.6 Å². The summed E-state index contributed by atoms with van der Waals surface area (Å²) in [6.07, 6.45) is 0. The maximum Gasteiger partial charge on any atom is 0.253 e. The monoisotopic (exact) mass is 260 g/mol. The molecule has 92 valence electrons. The Morgan fingerprint density at radius 2 is 1.94 bits per heavy atom. The minimum Gasteiger partial charge on any atom is -0.399 e. The fourth-order valence-corrected chi connectivity index (χ4v) is 1.85. The van der Waals surface area contributed by atoms with Gasteiger partial charge in [0.15, 0.2) is 0 Å². The molecule has 18 heavy (non-hydrogen) atoms. The molecule has 0 aliphatic heterocycles. The van der Waals surface area contributed by atoms with Crippen molar-refractivity contribution in [1.82, 2.24) is 5.32 Å². The zero-order valence-electron chi connectivity index (χ0n) is 9.69. The standard InChI is InChI=1S/C14H13ClN2O/c15-13-7-2-1-6-12(13)14(18)17-9-10-4-3-5-11(16)8-10/h1-8H,9,16H2,(H,17,18). The summed E-state index contributed by atoms with van der Waals surface area (Å²) >= 11 is 5.95. The molecule has 0 radical (unpaired) electrons. The predicted octanol–water partition coefficient (Wildman–Crippen LogP) is 2.85. The molecule has 0 bridgehead atoms. The van der Waals surface area contributed by atoms with Gasteiger partial charge in [0.1, 0.15) is 0 Å². The van der Waals surface area contributed by atoms with E-state index in [1.807, 2.05) is 18.2 Å². The number of amides is 1. The third kappa shape index (κ3) is 3.02. The zero-order chi connectivity index (χ0) is 13.0. The van der Waals surface area contributed by atoms with Gasteiger partial charge < -0.3 is 11.1 Å². The van der Waals surface area contributed by atoms with E-state index in [4.69, 9.17) is 17.3 Å². The number of rotatable bonds is 3. The van der Waals surface area contributed by atoms with Crippen LogP contribution in [0.2, 0.25) is 5.02 Å². The minimum atomic E-state index is -0.192. The Morgan fingerprint density at radius 3 is 2.67 bits per heavy atom. The van der Waals surface area contributed by atoms with Gasteiger partial charge in [0, 0.05) is 12.2 Å². The Balaban J connectivity index is 2.03. The topological polar surface area (TPSA) is 55.1 Å². The summed E-state index contributed by atoms with van der Waals surface area (Å²) in [5.74, 6) is -0.192. The highest BCUT2D eigenvalue weighted by molar-refractivity contribution is 6.33. The number of carbonyl (C=O) groups is 1. The number of benzene rings is 2. The summed E-state index contributed by atoms with van der Waals surface area (Å²) in [7, 11) is 0. The van der Waals surface area contributed by atoms with Crippen molar-refractivity contribution in [2.24, 2.45) is 0 Å². The van der Waals surface area contributed by atoms with E-state index in [1.165, 1.54) is 0 Å². The lowest BCUT2D eigenvalue weighted by molar-refractivity contribution is 0.0951. The van der Waals surface area contributed by atoms with Crippen molar-refractivity contribution < 1.29 is 4.79 Å². The number of halogens is 1.